The average Bonchev–Trinajstić information content (AvgIpc) is 2.45. The van der Waals surface area contributed by atoms with Crippen molar-refractivity contribution >= 4 is 5.69 Å². The molecule has 0 saturated carbocycles. The molecule has 1 aliphatic heterocycles. The molecule has 0 aliphatic carbocycles. The second-order valence-corrected chi connectivity index (χ2v) is 5.12. The van der Waals surface area contributed by atoms with Crippen LogP contribution >= 0.6 is 0 Å². The Morgan fingerprint density at radius 1 is 1.27 bits per heavy atom. The molecule has 0 amide bonds. The van der Waals surface area contributed by atoms with Gasteiger partial charge in [-0.15, -0.1) is 0 Å². The van der Waals surface area contributed by atoms with Crippen molar-refractivity contribution in [2.45, 2.75) is 45.6 Å². The molecule has 2 rings (SSSR count). The van der Waals surface area contributed by atoms with E-state index in [1.54, 1.807) is 0 Å². The molecule has 0 N–H and O–H groups in total. The first-order valence-electron chi connectivity index (χ1n) is 6.01. The molecule has 0 spiro atoms. The smallest absolute Gasteiger partial charge is 0.0404 e. The molecule has 0 atom stereocenters. The molecule has 0 unspecified atom stereocenters. The van der Waals surface area contributed by atoms with E-state index in [4.69, 9.17) is 0 Å². The molecule has 1 heteroatoms. The number of unbranched alkanes of at least 4 members (excludes halogenated alkanes) is 1. The highest BCUT2D eigenvalue weighted by Gasteiger charge is 2.34. The van der Waals surface area contributed by atoms with Crippen molar-refractivity contribution < 1.29 is 0 Å². The van der Waals surface area contributed by atoms with Crippen LogP contribution in [0.4, 0.5) is 5.69 Å². The first-order chi connectivity index (χ1) is 7.15. The monoisotopic (exact) mass is 203 g/mol. The number of hydrogen-bond donors (Lipinski definition) is 0. The molecule has 1 aliphatic rings. The van der Waals surface area contributed by atoms with E-state index in [1.807, 2.05) is 0 Å². The summed E-state index contributed by atoms with van der Waals surface area (Å²) in [7, 11) is 0. The summed E-state index contributed by atoms with van der Waals surface area (Å²) in [6, 6.07) is 8.83. The van der Waals surface area contributed by atoms with Gasteiger partial charge in [0.15, 0.2) is 0 Å². The standard InChI is InChI=1S/C14H21N/c1-4-5-10-15-13-9-7-6-8-12(13)11-14(15,2)3/h6-9H,4-5,10-11H2,1-3H3. The molecule has 0 bridgehead atoms. The van der Waals surface area contributed by atoms with Gasteiger partial charge < -0.3 is 4.90 Å². The Morgan fingerprint density at radius 3 is 2.73 bits per heavy atom. The predicted molar refractivity (Wildman–Crippen MR) is 66.5 cm³/mol. The highest BCUT2D eigenvalue weighted by Crippen LogP contribution is 2.38. The second kappa shape index (κ2) is 3.88. The molecule has 1 aromatic carbocycles. The quantitative estimate of drug-likeness (QED) is 0.725. The molecule has 1 nitrogen and oxygen atoms in total. The molecular formula is C14H21N. The van der Waals surface area contributed by atoms with Gasteiger partial charge in [0.25, 0.3) is 0 Å². The Morgan fingerprint density at radius 2 is 2.00 bits per heavy atom. The van der Waals surface area contributed by atoms with Crippen LogP contribution in [0, 0.1) is 0 Å². The normalized spacial score (nSPS) is 17.9. The second-order valence-electron chi connectivity index (χ2n) is 5.12. The van der Waals surface area contributed by atoms with Crippen LogP contribution in [0.2, 0.25) is 0 Å². The van der Waals surface area contributed by atoms with E-state index < -0.39 is 0 Å². The topological polar surface area (TPSA) is 3.24 Å². The highest BCUT2D eigenvalue weighted by atomic mass is 15.2. The van der Waals surface area contributed by atoms with Crippen LogP contribution in [-0.2, 0) is 6.42 Å². The maximum absolute atomic E-state index is 2.58. The summed E-state index contributed by atoms with van der Waals surface area (Å²) in [5, 5.41) is 0. The van der Waals surface area contributed by atoms with Gasteiger partial charge in [0.05, 0.1) is 0 Å². The predicted octanol–water partition coefficient (Wildman–Crippen LogP) is 3.63. The van der Waals surface area contributed by atoms with Crippen molar-refractivity contribution in [3.05, 3.63) is 29.8 Å². The fourth-order valence-corrected chi connectivity index (χ4v) is 2.55. The molecule has 82 valence electrons. The van der Waals surface area contributed by atoms with E-state index in [-0.39, 0.29) is 0 Å². The SMILES string of the molecule is CCCCN1c2ccccc2CC1(C)C. The lowest BCUT2D eigenvalue weighted by atomic mass is 9.99. The molecule has 15 heavy (non-hydrogen) atoms. The van der Waals surface area contributed by atoms with Crippen molar-refractivity contribution in [2.24, 2.45) is 0 Å². The summed E-state index contributed by atoms with van der Waals surface area (Å²) < 4.78 is 0. The average molecular weight is 203 g/mol. The van der Waals surface area contributed by atoms with E-state index in [0.717, 1.165) is 0 Å². The number of nitrogens with zero attached hydrogens (tertiary/aromatic N) is 1. The third kappa shape index (κ3) is 1.88. The van der Waals surface area contributed by atoms with Gasteiger partial charge >= 0.3 is 0 Å². The third-order valence-corrected chi connectivity index (χ3v) is 3.37. The minimum absolute atomic E-state index is 0.304. The van der Waals surface area contributed by atoms with Crippen LogP contribution in [0.25, 0.3) is 0 Å². The van der Waals surface area contributed by atoms with Crippen LogP contribution in [0.15, 0.2) is 24.3 Å². The van der Waals surface area contributed by atoms with Crippen LogP contribution in [0.5, 0.6) is 0 Å². The summed E-state index contributed by atoms with van der Waals surface area (Å²) in [6.07, 6.45) is 3.75. The largest absolute Gasteiger partial charge is 0.366 e. The Kier molecular flexibility index (Phi) is 2.72. The van der Waals surface area contributed by atoms with Crippen LogP contribution in [0.3, 0.4) is 0 Å². The molecule has 1 heterocycles. The zero-order chi connectivity index (χ0) is 10.9. The van der Waals surface area contributed by atoms with Gasteiger partial charge in [-0.25, -0.2) is 0 Å². The van der Waals surface area contributed by atoms with Crippen molar-refractivity contribution in [3.8, 4) is 0 Å². The lowest BCUT2D eigenvalue weighted by Gasteiger charge is -2.34. The van der Waals surface area contributed by atoms with E-state index in [9.17, 15) is 0 Å². The maximum atomic E-state index is 2.58. The lowest BCUT2D eigenvalue weighted by Crippen LogP contribution is -2.41. The zero-order valence-electron chi connectivity index (χ0n) is 10.1. The first kappa shape index (κ1) is 10.5. The Labute approximate surface area is 93.1 Å². The molecule has 0 fully saturated rings. The van der Waals surface area contributed by atoms with E-state index in [1.165, 1.54) is 37.1 Å². The minimum atomic E-state index is 0.304. The summed E-state index contributed by atoms with van der Waals surface area (Å²) in [5.74, 6) is 0. The fourth-order valence-electron chi connectivity index (χ4n) is 2.55. The fraction of sp³-hybridized carbons (Fsp3) is 0.571. The summed E-state index contributed by atoms with van der Waals surface area (Å²) in [6.45, 7) is 8.15. The summed E-state index contributed by atoms with van der Waals surface area (Å²) in [5.41, 5.74) is 3.27. The molecule has 0 saturated heterocycles. The van der Waals surface area contributed by atoms with Crippen molar-refractivity contribution in [1.29, 1.82) is 0 Å². The van der Waals surface area contributed by atoms with Crippen molar-refractivity contribution in [2.75, 3.05) is 11.4 Å². The van der Waals surface area contributed by atoms with Gasteiger partial charge in [-0.1, -0.05) is 31.5 Å². The molecular weight excluding hydrogens is 182 g/mol. The van der Waals surface area contributed by atoms with Gasteiger partial charge in [0.2, 0.25) is 0 Å². The van der Waals surface area contributed by atoms with Gasteiger partial charge in [-0.05, 0) is 38.3 Å². The Bertz CT molecular complexity index is 341. The lowest BCUT2D eigenvalue weighted by molar-refractivity contribution is 0.479. The number of para-hydroxylation sites is 1. The van der Waals surface area contributed by atoms with Gasteiger partial charge in [0.1, 0.15) is 0 Å². The van der Waals surface area contributed by atoms with Gasteiger partial charge in [-0.3, -0.25) is 0 Å². The van der Waals surface area contributed by atoms with Crippen LogP contribution in [-0.4, -0.2) is 12.1 Å². The maximum Gasteiger partial charge on any atom is 0.0404 e. The number of fused-ring (bicyclic) bond motifs is 1. The molecule has 0 radical (unpaired) electrons. The van der Waals surface area contributed by atoms with Crippen molar-refractivity contribution in [3.63, 3.8) is 0 Å². The minimum Gasteiger partial charge on any atom is -0.366 e. The number of anilines is 1. The van der Waals surface area contributed by atoms with Crippen LogP contribution < -0.4 is 4.90 Å². The summed E-state index contributed by atoms with van der Waals surface area (Å²) >= 11 is 0. The molecule has 0 aromatic heterocycles. The van der Waals surface area contributed by atoms with E-state index in [0.29, 0.717) is 5.54 Å². The highest BCUT2D eigenvalue weighted by molar-refractivity contribution is 5.61. The Hall–Kier alpha value is -0.980. The number of rotatable bonds is 3. The zero-order valence-corrected chi connectivity index (χ0v) is 10.1. The summed E-state index contributed by atoms with van der Waals surface area (Å²) in [4.78, 5) is 2.58. The Balaban J connectivity index is 2.26. The van der Waals surface area contributed by atoms with Gasteiger partial charge in [-0.2, -0.15) is 0 Å². The van der Waals surface area contributed by atoms with E-state index >= 15 is 0 Å². The first-order valence-corrected chi connectivity index (χ1v) is 6.01. The molecule has 1 aromatic rings. The van der Waals surface area contributed by atoms with Crippen molar-refractivity contribution in [1.82, 2.24) is 0 Å². The van der Waals surface area contributed by atoms with Gasteiger partial charge in [0, 0.05) is 17.8 Å². The third-order valence-electron chi connectivity index (χ3n) is 3.37. The van der Waals surface area contributed by atoms with Crippen LogP contribution in [0.1, 0.15) is 39.2 Å². The number of hydrogen-bond acceptors (Lipinski definition) is 1. The van der Waals surface area contributed by atoms with E-state index in [2.05, 4.69) is 49.9 Å². The number of benzene rings is 1.